The van der Waals surface area contributed by atoms with Crippen LogP contribution >= 0.6 is 8.25 Å². The van der Waals surface area contributed by atoms with E-state index in [2.05, 4.69) is 19.5 Å². The summed E-state index contributed by atoms with van der Waals surface area (Å²) in [5, 5.41) is 3.54. The molecule has 0 aliphatic carbocycles. The van der Waals surface area contributed by atoms with Crippen molar-refractivity contribution >= 4 is 8.25 Å². The van der Waals surface area contributed by atoms with Gasteiger partial charge in [-0.25, -0.2) is 4.79 Å². The lowest BCUT2D eigenvalue weighted by Gasteiger charge is -2.14. The lowest BCUT2D eigenvalue weighted by atomic mass is 10.1. The highest BCUT2D eigenvalue weighted by molar-refractivity contribution is 7.32. The van der Waals surface area contributed by atoms with Gasteiger partial charge in [-0.2, -0.15) is 0 Å². The van der Waals surface area contributed by atoms with Crippen LogP contribution in [0, 0.1) is 6.92 Å². The van der Waals surface area contributed by atoms with Crippen LogP contribution < -0.4 is 11.2 Å². The van der Waals surface area contributed by atoms with E-state index in [0.29, 0.717) is 5.56 Å². The van der Waals surface area contributed by atoms with Crippen LogP contribution in [-0.2, 0) is 13.8 Å². The highest BCUT2D eigenvalue weighted by Crippen LogP contribution is 2.31. The smallest absolute Gasteiger partial charge is 0.352 e. The third kappa shape index (κ3) is 3.59. The first kappa shape index (κ1) is 16.3. The average molecular weight is 330 g/mol. The zero-order valence-electron chi connectivity index (χ0n) is 11.4. The standard InChI is InChI=1S/C10H12N5O6P/c1-5-3-15(10(17)12-9(5)16)8-2-6(13-14-11)7(21-8)4-20-22(18)19/h3,6-8H,2,4H2,1H3,(H-,12,16,17,18,19)/p+1/t6-,7+,8+/m0/s1. The molecule has 118 valence electrons. The van der Waals surface area contributed by atoms with Gasteiger partial charge in [0.05, 0.1) is 12.1 Å². The van der Waals surface area contributed by atoms with Gasteiger partial charge in [0.1, 0.15) is 12.8 Å². The summed E-state index contributed by atoms with van der Waals surface area (Å²) in [5.41, 5.74) is 7.72. The SMILES string of the molecule is Cc1cn([C@H]2C[C@H](N=[N+]=[N-])[C@@H](CO[P+](=O)O)O2)c(=O)[nH]c1=O. The lowest BCUT2D eigenvalue weighted by molar-refractivity contribution is -0.0227. The van der Waals surface area contributed by atoms with Gasteiger partial charge in [0, 0.05) is 27.7 Å². The Labute approximate surface area is 124 Å². The molecule has 1 saturated heterocycles. The summed E-state index contributed by atoms with van der Waals surface area (Å²) in [6.07, 6.45) is -0.0321. The van der Waals surface area contributed by atoms with Crippen molar-refractivity contribution in [3.8, 4) is 0 Å². The van der Waals surface area contributed by atoms with Gasteiger partial charge in [0.15, 0.2) is 0 Å². The maximum atomic E-state index is 11.8. The fraction of sp³-hybridized carbons (Fsp3) is 0.600. The number of azide groups is 1. The first-order valence-corrected chi connectivity index (χ1v) is 7.36. The van der Waals surface area contributed by atoms with Crippen molar-refractivity contribution in [2.75, 3.05) is 6.61 Å². The number of nitrogens with zero attached hydrogens (tertiary/aromatic N) is 4. The Balaban J connectivity index is 2.25. The van der Waals surface area contributed by atoms with E-state index in [9.17, 15) is 14.2 Å². The summed E-state index contributed by atoms with van der Waals surface area (Å²) >= 11 is 0. The molecular weight excluding hydrogens is 317 g/mol. The molecule has 11 nitrogen and oxygen atoms in total. The van der Waals surface area contributed by atoms with Crippen molar-refractivity contribution in [1.82, 2.24) is 9.55 Å². The Bertz CT molecular complexity index is 738. The summed E-state index contributed by atoms with van der Waals surface area (Å²) in [4.78, 5) is 36.7. The number of aromatic amines is 1. The molecule has 1 aliphatic rings. The van der Waals surface area contributed by atoms with Crippen LogP contribution in [0.2, 0.25) is 0 Å². The van der Waals surface area contributed by atoms with E-state index in [-0.39, 0.29) is 13.0 Å². The summed E-state index contributed by atoms with van der Waals surface area (Å²) in [6.45, 7) is 1.27. The minimum Gasteiger partial charge on any atom is -0.352 e. The molecule has 2 N–H and O–H groups in total. The quantitative estimate of drug-likeness (QED) is 0.345. The molecule has 2 rings (SSSR count). The summed E-state index contributed by atoms with van der Waals surface area (Å²) in [7, 11) is -2.81. The largest absolute Gasteiger partial charge is 0.694 e. The van der Waals surface area contributed by atoms with Gasteiger partial charge in [0.2, 0.25) is 0 Å². The molecule has 0 bridgehead atoms. The number of hydrogen-bond acceptors (Lipinski definition) is 6. The van der Waals surface area contributed by atoms with Crippen molar-refractivity contribution in [2.24, 2.45) is 5.11 Å². The number of H-pyrrole nitrogens is 1. The van der Waals surface area contributed by atoms with Crippen LogP contribution in [0.4, 0.5) is 0 Å². The van der Waals surface area contributed by atoms with Crippen molar-refractivity contribution < 1.29 is 18.7 Å². The van der Waals surface area contributed by atoms with Gasteiger partial charge in [-0.05, 0) is 12.5 Å². The van der Waals surface area contributed by atoms with Crippen LogP contribution in [-0.4, -0.2) is 33.2 Å². The molecule has 0 aromatic carbocycles. The number of nitrogens with one attached hydrogen (secondary N) is 1. The zero-order valence-corrected chi connectivity index (χ0v) is 12.3. The van der Waals surface area contributed by atoms with Crippen LogP contribution in [0.1, 0.15) is 18.2 Å². The number of hydrogen-bond donors (Lipinski definition) is 2. The lowest BCUT2D eigenvalue weighted by Crippen LogP contribution is -2.33. The second-order valence-electron chi connectivity index (χ2n) is 4.65. The van der Waals surface area contributed by atoms with E-state index in [1.54, 1.807) is 0 Å². The van der Waals surface area contributed by atoms with E-state index in [1.807, 2.05) is 0 Å². The molecule has 1 aromatic rings. The third-order valence-electron chi connectivity index (χ3n) is 3.21. The van der Waals surface area contributed by atoms with Crippen molar-refractivity contribution in [2.45, 2.75) is 31.7 Å². The van der Waals surface area contributed by atoms with Crippen LogP contribution in [0.3, 0.4) is 0 Å². The summed E-state index contributed by atoms with van der Waals surface area (Å²) in [6, 6.07) is -0.663. The van der Waals surface area contributed by atoms with Gasteiger partial charge in [-0.3, -0.25) is 14.3 Å². The Morgan fingerprint density at radius 3 is 3.05 bits per heavy atom. The molecule has 1 fully saturated rings. The zero-order chi connectivity index (χ0) is 16.3. The number of rotatable bonds is 5. The second-order valence-corrected chi connectivity index (χ2v) is 5.38. The van der Waals surface area contributed by atoms with Crippen LogP contribution in [0.25, 0.3) is 10.4 Å². The van der Waals surface area contributed by atoms with Gasteiger partial charge in [0.25, 0.3) is 5.56 Å². The molecule has 0 radical (unpaired) electrons. The molecule has 0 saturated carbocycles. The molecule has 22 heavy (non-hydrogen) atoms. The highest BCUT2D eigenvalue weighted by atomic mass is 31.1. The first-order valence-electron chi connectivity index (χ1n) is 6.23. The van der Waals surface area contributed by atoms with E-state index in [0.717, 1.165) is 0 Å². The molecule has 2 heterocycles. The third-order valence-corrected chi connectivity index (χ3v) is 3.58. The average Bonchev–Trinajstić information content (AvgIpc) is 2.84. The van der Waals surface area contributed by atoms with E-state index >= 15 is 0 Å². The Morgan fingerprint density at radius 1 is 1.68 bits per heavy atom. The molecule has 1 aromatic heterocycles. The molecular formula is C10H13N5O6P+. The van der Waals surface area contributed by atoms with Crippen LogP contribution in [0.5, 0.6) is 0 Å². The maximum Gasteiger partial charge on any atom is 0.694 e. The maximum absolute atomic E-state index is 11.8. The molecule has 1 unspecified atom stereocenters. The van der Waals surface area contributed by atoms with Gasteiger partial charge in [-0.1, -0.05) is 5.11 Å². The minimum atomic E-state index is -2.81. The molecule has 0 spiro atoms. The topological polar surface area (TPSA) is 159 Å². The monoisotopic (exact) mass is 330 g/mol. The minimum absolute atomic E-state index is 0.172. The molecule has 0 amide bonds. The molecule has 4 atom stereocenters. The first-order chi connectivity index (χ1) is 10.4. The van der Waals surface area contributed by atoms with E-state index in [4.69, 9.17) is 15.2 Å². The van der Waals surface area contributed by atoms with Crippen molar-refractivity contribution in [1.29, 1.82) is 0 Å². The highest BCUT2D eigenvalue weighted by Gasteiger charge is 2.38. The fourth-order valence-electron chi connectivity index (χ4n) is 2.16. The normalized spacial score (nSPS) is 24.8. The predicted molar refractivity (Wildman–Crippen MR) is 73.3 cm³/mol. The van der Waals surface area contributed by atoms with Gasteiger partial charge >= 0.3 is 13.9 Å². The van der Waals surface area contributed by atoms with Gasteiger partial charge in [-0.15, -0.1) is 9.42 Å². The van der Waals surface area contributed by atoms with Crippen molar-refractivity contribution in [3.05, 3.63) is 43.0 Å². The van der Waals surface area contributed by atoms with E-state index in [1.165, 1.54) is 17.7 Å². The number of aryl methyl sites for hydroxylation is 1. The summed E-state index contributed by atoms with van der Waals surface area (Å²) in [5.74, 6) is 0. The second kappa shape index (κ2) is 6.82. The van der Waals surface area contributed by atoms with E-state index < -0.39 is 37.9 Å². The van der Waals surface area contributed by atoms with Gasteiger partial charge < -0.3 is 4.74 Å². The predicted octanol–water partition coefficient (Wildman–Crippen LogP) is 0.478. The Hall–Kier alpha value is -2.03. The molecule has 1 aliphatic heterocycles. The van der Waals surface area contributed by atoms with Crippen molar-refractivity contribution in [3.63, 3.8) is 0 Å². The van der Waals surface area contributed by atoms with Crippen LogP contribution in [0.15, 0.2) is 20.9 Å². The number of ether oxygens (including phenoxy) is 1. The Morgan fingerprint density at radius 2 is 2.41 bits per heavy atom. The number of aromatic nitrogens is 2. The Kier molecular flexibility index (Phi) is 5.07. The fourth-order valence-corrected chi connectivity index (χ4v) is 2.44. The summed E-state index contributed by atoms with van der Waals surface area (Å²) < 4.78 is 21.9. The molecule has 12 heteroatoms.